The highest BCUT2D eigenvalue weighted by atomic mass is 32.1. The molecule has 0 aliphatic rings. The van der Waals surface area contributed by atoms with Gasteiger partial charge in [0.25, 0.3) is 0 Å². The van der Waals surface area contributed by atoms with Crippen LogP contribution in [0.2, 0.25) is 0 Å². The molecule has 0 spiro atoms. The highest BCUT2D eigenvalue weighted by Crippen LogP contribution is 2.25. The van der Waals surface area contributed by atoms with E-state index in [4.69, 9.17) is 0 Å². The average molecular weight is 278 g/mol. The predicted octanol–water partition coefficient (Wildman–Crippen LogP) is 3.55. The maximum atomic E-state index is 13.7. The third-order valence-electron chi connectivity index (χ3n) is 3.09. The van der Waals surface area contributed by atoms with Crippen LogP contribution in [-0.2, 0) is 13.1 Å². The third-order valence-corrected chi connectivity index (χ3v) is 4.19. The maximum absolute atomic E-state index is 13.7. The molecule has 0 bridgehead atoms. The number of nitrogens with one attached hydrogen (secondary N) is 1. The summed E-state index contributed by atoms with van der Waals surface area (Å²) in [6.07, 6.45) is 0. The fraction of sp³-hybridized carbons (Fsp3) is 0.333. The van der Waals surface area contributed by atoms with E-state index in [1.807, 2.05) is 31.1 Å². The number of nitrogens with zero attached hydrogens (tertiary/aromatic N) is 1. The van der Waals surface area contributed by atoms with Crippen LogP contribution in [0.4, 0.5) is 10.1 Å². The molecule has 1 N–H and O–H groups in total. The zero-order valence-electron chi connectivity index (χ0n) is 11.5. The van der Waals surface area contributed by atoms with Crippen LogP contribution in [0.1, 0.15) is 15.3 Å². The van der Waals surface area contributed by atoms with Crippen LogP contribution in [0.5, 0.6) is 0 Å². The van der Waals surface area contributed by atoms with Gasteiger partial charge in [-0.3, -0.25) is 0 Å². The van der Waals surface area contributed by atoms with Crippen LogP contribution < -0.4 is 10.2 Å². The highest BCUT2D eigenvalue weighted by molar-refractivity contribution is 7.12. The summed E-state index contributed by atoms with van der Waals surface area (Å²) in [6, 6.07) is 9.09. The molecule has 1 heterocycles. The molecule has 0 unspecified atom stereocenters. The molecular formula is C15H19FN2S. The molecule has 0 saturated carbocycles. The standard InChI is InChI=1S/C15H19FN2S/c1-11-12(8-13(19-11)9-17-2)10-18(3)15-7-5-4-6-14(15)16/h4-8,17H,9-10H2,1-3H3. The third kappa shape index (κ3) is 3.33. The van der Waals surface area contributed by atoms with Gasteiger partial charge < -0.3 is 10.2 Å². The largest absolute Gasteiger partial charge is 0.368 e. The van der Waals surface area contributed by atoms with Crippen molar-refractivity contribution in [3.63, 3.8) is 0 Å². The molecule has 102 valence electrons. The normalized spacial score (nSPS) is 10.7. The zero-order chi connectivity index (χ0) is 13.8. The Bertz CT molecular complexity index is 551. The Morgan fingerprint density at radius 3 is 2.74 bits per heavy atom. The van der Waals surface area contributed by atoms with Crippen molar-refractivity contribution in [2.24, 2.45) is 0 Å². The molecule has 2 rings (SSSR count). The Balaban J connectivity index is 2.15. The number of halogens is 1. The number of hydrogen-bond acceptors (Lipinski definition) is 3. The van der Waals surface area contributed by atoms with Crippen molar-refractivity contribution in [1.29, 1.82) is 0 Å². The van der Waals surface area contributed by atoms with Crippen LogP contribution >= 0.6 is 11.3 Å². The van der Waals surface area contributed by atoms with E-state index in [0.29, 0.717) is 5.69 Å². The summed E-state index contributed by atoms with van der Waals surface area (Å²) in [5, 5.41) is 3.16. The minimum absolute atomic E-state index is 0.173. The summed E-state index contributed by atoms with van der Waals surface area (Å²) >= 11 is 1.80. The molecule has 0 aliphatic carbocycles. The summed E-state index contributed by atoms with van der Waals surface area (Å²) in [6.45, 7) is 3.73. The van der Waals surface area contributed by atoms with E-state index in [9.17, 15) is 4.39 Å². The van der Waals surface area contributed by atoms with Gasteiger partial charge in [0, 0.05) is 29.9 Å². The van der Waals surface area contributed by atoms with Crippen LogP contribution in [0, 0.1) is 12.7 Å². The van der Waals surface area contributed by atoms with Gasteiger partial charge in [-0.2, -0.15) is 0 Å². The van der Waals surface area contributed by atoms with Crippen LogP contribution in [0.25, 0.3) is 0 Å². The first-order valence-electron chi connectivity index (χ1n) is 6.30. The maximum Gasteiger partial charge on any atom is 0.146 e. The number of anilines is 1. The van der Waals surface area contributed by atoms with E-state index >= 15 is 0 Å². The van der Waals surface area contributed by atoms with E-state index in [0.717, 1.165) is 13.1 Å². The fourth-order valence-electron chi connectivity index (χ4n) is 2.11. The molecule has 2 nitrogen and oxygen atoms in total. The quantitative estimate of drug-likeness (QED) is 0.899. The molecule has 19 heavy (non-hydrogen) atoms. The lowest BCUT2D eigenvalue weighted by molar-refractivity contribution is 0.622. The van der Waals surface area contributed by atoms with Gasteiger partial charge in [0.05, 0.1) is 5.69 Å². The second kappa shape index (κ2) is 6.17. The first-order valence-corrected chi connectivity index (χ1v) is 7.12. The van der Waals surface area contributed by atoms with Gasteiger partial charge in [0.1, 0.15) is 5.82 Å². The van der Waals surface area contributed by atoms with Crippen molar-refractivity contribution < 1.29 is 4.39 Å². The fourth-order valence-corrected chi connectivity index (χ4v) is 3.17. The summed E-state index contributed by atoms with van der Waals surface area (Å²) in [7, 11) is 3.87. The summed E-state index contributed by atoms with van der Waals surface area (Å²) in [5.41, 5.74) is 1.91. The Morgan fingerprint density at radius 1 is 1.32 bits per heavy atom. The van der Waals surface area contributed by atoms with Crippen LogP contribution in [0.3, 0.4) is 0 Å². The number of thiophene rings is 1. The molecule has 2 aromatic rings. The minimum Gasteiger partial charge on any atom is -0.368 e. The van der Waals surface area contributed by atoms with Crippen molar-refractivity contribution in [3.8, 4) is 0 Å². The lowest BCUT2D eigenvalue weighted by Gasteiger charge is -2.19. The monoisotopic (exact) mass is 278 g/mol. The Hall–Kier alpha value is -1.39. The van der Waals surface area contributed by atoms with Crippen molar-refractivity contribution in [2.45, 2.75) is 20.0 Å². The zero-order valence-corrected chi connectivity index (χ0v) is 12.4. The van der Waals surface area contributed by atoms with Crippen molar-refractivity contribution in [2.75, 3.05) is 19.0 Å². The Morgan fingerprint density at radius 2 is 2.05 bits per heavy atom. The van der Waals surface area contributed by atoms with E-state index in [1.165, 1.54) is 21.4 Å². The first-order chi connectivity index (χ1) is 9.11. The average Bonchev–Trinajstić information content (AvgIpc) is 2.70. The van der Waals surface area contributed by atoms with Gasteiger partial charge in [0.2, 0.25) is 0 Å². The van der Waals surface area contributed by atoms with Crippen LogP contribution in [0.15, 0.2) is 30.3 Å². The van der Waals surface area contributed by atoms with Gasteiger partial charge >= 0.3 is 0 Å². The SMILES string of the molecule is CNCc1cc(CN(C)c2ccccc2F)c(C)s1. The molecule has 0 saturated heterocycles. The smallest absolute Gasteiger partial charge is 0.146 e. The Kier molecular flexibility index (Phi) is 4.56. The second-order valence-corrected chi connectivity index (χ2v) is 5.97. The molecule has 1 aromatic heterocycles. The molecular weight excluding hydrogens is 259 g/mol. The number of para-hydroxylation sites is 1. The van der Waals surface area contributed by atoms with E-state index in [2.05, 4.69) is 18.3 Å². The van der Waals surface area contributed by atoms with Crippen molar-refractivity contribution in [1.82, 2.24) is 5.32 Å². The predicted molar refractivity (Wildman–Crippen MR) is 80.3 cm³/mol. The van der Waals surface area contributed by atoms with E-state index in [1.54, 1.807) is 17.4 Å². The molecule has 0 atom stereocenters. The first kappa shape index (κ1) is 14.0. The highest BCUT2D eigenvalue weighted by Gasteiger charge is 2.11. The number of aryl methyl sites for hydroxylation is 1. The minimum atomic E-state index is -0.173. The molecule has 0 radical (unpaired) electrons. The second-order valence-electron chi connectivity index (χ2n) is 4.63. The Labute approximate surface area is 117 Å². The lowest BCUT2D eigenvalue weighted by Crippen LogP contribution is -2.17. The van der Waals surface area contributed by atoms with Crippen molar-refractivity contribution >= 4 is 17.0 Å². The molecule has 0 fully saturated rings. The summed E-state index contributed by atoms with van der Waals surface area (Å²) in [5.74, 6) is -0.173. The lowest BCUT2D eigenvalue weighted by atomic mass is 10.2. The summed E-state index contributed by atoms with van der Waals surface area (Å²) in [4.78, 5) is 4.57. The van der Waals surface area contributed by atoms with Gasteiger partial charge in [0.15, 0.2) is 0 Å². The number of benzene rings is 1. The summed E-state index contributed by atoms with van der Waals surface area (Å²) < 4.78 is 13.7. The van der Waals surface area contributed by atoms with Crippen molar-refractivity contribution in [3.05, 3.63) is 51.5 Å². The van der Waals surface area contributed by atoms with Gasteiger partial charge in [-0.25, -0.2) is 4.39 Å². The molecule has 4 heteroatoms. The topological polar surface area (TPSA) is 15.3 Å². The van der Waals surface area contributed by atoms with Gasteiger partial charge in [-0.15, -0.1) is 11.3 Å². The van der Waals surface area contributed by atoms with E-state index in [-0.39, 0.29) is 5.82 Å². The van der Waals surface area contributed by atoms with E-state index < -0.39 is 0 Å². The number of hydrogen-bond donors (Lipinski definition) is 1. The molecule has 1 aromatic carbocycles. The van der Waals surface area contributed by atoms with Gasteiger partial charge in [-0.1, -0.05) is 12.1 Å². The van der Waals surface area contributed by atoms with Crippen LogP contribution in [-0.4, -0.2) is 14.1 Å². The molecule has 0 aliphatic heterocycles. The molecule has 0 amide bonds. The van der Waals surface area contributed by atoms with Gasteiger partial charge in [-0.05, 0) is 37.7 Å². The number of rotatable bonds is 5.